The summed E-state index contributed by atoms with van der Waals surface area (Å²) in [6, 6.07) is 0. The van der Waals surface area contributed by atoms with E-state index >= 15 is 0 Å². The Labute approximate surface area is 137 Å². The SMILES string of the molecule is O=C1CCCN1C[C@@H]1CCC2(CN(C(=O)[C@H]3CCOC3)C2)OC1. The molecule has 4 aliphatic rings. The second kappa shape index (κ2) is 6.06. The Bertz CT molecular complexity index is 473. The number of hydrogen-bond donors (Lipinski definition) is 0. The molecule has 0 aromatic heterocycles. The molecule has 0 radical (unpaired) electrons. The predicted octanol–water partition coefficient (Wildman–Crippen LogP) is 0.653. The van der Waals surface area contributed by atoms with Crippen molar-refractivity contribution >= 4 is 11.8 Å². The summed E-state index contributed by atoms with van der Waals surface area (Å²) < 4.78 is 11.4. The smallest absolute Gasteiger partial charge is 0.228 e. The average Bonchev–Trinajstić information content (AvgIpc) is 3.18. The molecule has 0 bridgehead atoms. The molecule has 4 rings (SSSR count). The molecular formula is C17H26N2O4. The summed E-state index contributed by atoms with van der Waals surface area (Å²) >= 11 is 0. The van der Waals surface area contributed by atoms with Gasteiger partial charge in [-0.05, 0) is 25.7 Å². The number of ether oxygens (including phenoxy) is 2. The summed E-state index contributed by atoms with van der Waals surface area (Å²) in [5, 5.41) is 0. The van der Waals surface area contributed by atoms with E-state index in [9.17, 15) is 9.59 Å². The van der Waals surface area contributed by atoms with Crippen LogP contribution in [0.4, 0.5) is 0 Å². The van der Waals surface area contributed by atoms with E-state index in [0.29, 0.717) is 31.5 Å². The van der Waals surface area contributed by atoms with Gasteiger partial charge >= 0.3 is 0 Å². The molecule has 0 saturated carbocycles. The highest BCUT2D eigenvalue weighted by atomic mass is 16.5. The fourth-order valence-corrected chi connectivity index (χ4v) is 4.31. The highest BCUT2D eigenvalue weighted by Gasteiger charge is 2.49. The van der Waals surface area contributed by atoms with E-state index in [1.54, 1.807) is 0 Å². The molecule has 0 aliphatic carbocycles. The first kappa shape index (κ1) is 15.4. The molecule has 0 aromatic rings. The molecule has 4 aliphatic heterocycles. The van der Waals surface area contributed by atoms with E-state index in [-0.39, 0.29) is 17.4 Å². The van der Waals surface area contributed by atoms with Gasteiger partial charge in [0.1, 0.15) is 5.60 Å². The van der Waals surface area contributed by atoms with E-state index in [1.807, 2.05) is 9.80 Å². The van der Waals surface area contributed by atoms with Gasteiger partial charge in [0.05, 0.1) is 32.2 Å². The highest BCUT2D eigenvalue weighted by molar-refractivity contribution is 5.80. The minimum absolute atomic E-state index is 0.0601. The van der Waals surface area contributed by atoms with Crippen LogP contribution in [0.25, 0.3) is 0 Å². The van der Waals surface area contributed by atoms with Crippen molar-refractivity contribution in [2.45, 2.75) is 37.7 Å². The number of hydrogen-bond acceptors (Lipinski definition) is 4. The standard InChI is InChI=1S/C17H26N2O4/c20-15-2-1-6-18(15)8-13-3-5-17(23-9-13)11-19(12-17)16(21)14-4-7-22-10-14/h13-14H,1-12H2/t13-,14-/m0/s1. The lowest BCUT2D eigenvalue weighted by Gasteiger charge is -2.53. The zero-order chi connectivity index (χ0) is 15.9. The van der Waals surface area contributed by atoms with Gasteiger partial charge in [-0.3, -0.25) is 9.59 Å². The van der Waals surface area contributed by atoms with Gasteiger partial charge in [-0.25, -0.2) is 0 Å². The topological polar surface area (TPSA) is 59.1 Å². The summed E-state index contributed by atoms with van der Waals surface area (Å²) in [5.41, 5.74) is -0.110. The Morgan fingerprint density at radius 1 is 1.26 bits per heavy atom. The molecular weight excluding hydrogens is 296 g/mol. The molecule has 4 fully saturated rings. The van der Waals surface area contributed by atoms with Gasteiger partial charge < -0.3 is 19.3 Å². The maximum absolute atomic E-state index is 12.3. The molecule has 6 nitrogen and oxygen atoms in total. The molecule has 2 atom stereocenters. The minimum Gasteiger partial charge on any atom is -0.381 e. The van der Waals surface area contributed by atoms with Gasteiger partial charge in [0.15, 0.2) is 0 Å². The lowest BCUT2D eigenvalue weighted by Crippen LogP contribution is -2.67. The van der Waals surface area contributed by atoms with Gasteiger partial charge in [0.25, 0.3) is 0 Å². The molecule has 23 heavy (non-hydrogen) atoms. The van der Waals surface area contributed by atoms with Crippen LogP contribution in [-0.2, 0) is 19.1 Å². The third-order valence-electron chi connectivity index (χ3n) is 5.83. The second-order valence-electron chi connectivity index (χ2n) is 7.60. The van der Waals surface area contributed by atoms with Gasteiger partial charge in [-0.15, -0.1) is 0 Å². The van der Waals surface area contributed by atoms with Crippen molar-refractivity contribution < 1.29 is 19.1 Å². The van der Waals surface area contributed by atoms with Crippen molar-refractivity contribution in [1.29, 1.82) is 0 Å². The first-order valence-corrected chi connectivity index (χ1v) is 8.93. The van der Waals surface area contributed by atoms with Crippen molar-refractivity contribution in [3.8, 4) is 0 Å². The van der Waals surface area contributed by atoms with Gasteiger partial charge in [-0.2, -0.15) is 0 Å². The normalized spacial score (nSPS) is 33.3. The van der Waals surface area contributed by atoms with Crippen LogP contribution in [0, 0.1) is 11.8 Å². The number of likely N-dealkylation sites (tertiary alicyclic amines) is 2. The second-order valence-corrected chi connectivity index (χ2v) is 7.60. The van der Waals surface area contributed by atoms with E-state index in [0.717, 1.165) is 58.5 Å². The van der Waals surface area contributed by atoms with E-state index in [4.69, 9.17) is 9.47 Å². The monoisotopic (exact) mass is 322 g/mol. The minimum atomic E-state index is -0.110. The zero-order valence-electron chi connectivity index (χ0n) is 13.7. The maximum Gasteiger partial charge on any atom is 0.228 e. The molecule has 4 saturated heterocycles. The van der Waals surface area contributed by atoms with Gasteiger partial charge in [0, 0.05) is 32.0 Å². The van der Waals surface area contributed by atoms with E-state index in [1.165, 1.54) is 0 Å². The fraction of sp³-hybridized carbons (Fsp3) is 0.882. The van der Waals surface area contributed by atoms with Crippen LogP contribution < -0.4 is 0 Å². The molecule has 6 heteroatoms. The molecule has 128 valence electrons. The van der Waals surface area contributed by atoms with Crippen LogP contribution in [0.2, 0.25) is 0 Å². The zero-order valence-corrected chi connectivity index (χ0v) is 13.7. The Morgan fingerprint density at radius 3 is 2.74 bits per heavy atom. The fourth-order valence-electron chi connectivity index (χ4n) is 4.31. The van der Waals surface area contributed by atoms with Crippen LogP contribution in [0.3, 0.4) is 0 Å². The summed E-state index contributed by atoms with van der Waals surface area (Å²) in [4.78, 5) is 28.0. The van der Waals surface area contributed by atoms with Crippen molar-refractivity contribution in [2.75, 3.05) is 46.0 Å². The Balaban J connectivity index is 1.23. The Hall–Kier alpha value is -1.14. The predicted molar refractivity (Wildman–Crippen MR) is 82.7 cm³/mol. The summed E-state index contributed by atoms with van der Waals surface area (Å²) in [7, 11) is 0. The molecule has 0 unspecified atom stereocenters. The van der Waals surface area contributed by atoms with Crippen LogP contribution >= 0.6 is 0 Å². The Kier molecular flexibility index (Phi) is 4.05. The number of carbonyl (C=O) groups excluding carboxylic acids is 2. The summed E-state index contributed by atoms with van der Waals surface area (Å²) in [6.07, 6.45) is 4.66. The summed E-state index contributed by atoms with van der Waals surface area (Å²) in [5.74, 6) is 1.05. The van der Waals surface area contributed by atoms with E-state index < -0.39 is 0 Å². The van der Waals surface area contributed by atoms with Gasteiger partial charge in [-0.1, -0.05) is 0 Å². The lowest BCUT2D eigenvalue weighted by atomic mass is 9.82. The molecule has 0 aromatic carbocycles. The molecule has 1 spiro atoms. The van der Waals surface area contributed by atoms with Crippen LogP contribution in [0.5, 0.6) is 0 Å². The van der Waals surface area contributed by atoms with Crippen molar-refractivity contribution in [3.05, 3.63) is 0 Å². The third-order valence-corrected chi connectivity index (χ3v) is 5.83. The van der Waals surface area contributed by atoms with Crippen molar-refractivity contribution in [3.63, 3.8) is 0 Å². The number of carbonyl (C=O) groups is 2. The highest BCUT2D eigenvalue weighted by Crippen LogP contribution is 2.37. The average molecular weight is 322 g/mol. The Morgan fingerprint density at radius 2 is 2.13 bits per heavy atom. The van der Waals surface area contributed by atoms with E-state index in [2.05, 4.69) is 0 Å². The number of nitrogens with zero attached hydrogens (tertiary/aromatic N) is 2. The first-order valence-electron chi connectivity index (χ1n) is 8.93. The number of amides is 2. The van der Waals surface area contributed by atoms with Gasteiger partial charge in [0.2, 0.25) is 11.8 Å². The first-order chi connectivity index (χ1) is 11.2. The van der Waals surface area contributed by atoms with Crippen LogP contribution in [0.1, 0.15) is 32.1 Å². The molecule has 0 N–H and O–H groups in total. The molecule has 4 heterocycles. The van der Waals surface area contributed by atoms with Crippen molar-refractivity contribution in [2.24, 2.45) is 11.8 Å². The van der Waals surface area contributed by atoms with Crippen LogP contribution in [0.15, 0.2) is 0 Å². The van der Waals surface area contributed by atoms with Crippen molar-refractivity contribution in [1.82, 2.24) is 9.80 Å². The largest absolute Gasteiger partial charge is 0.381 e. The third kappa shape index (κ3) is 2.98. The van der Waals surface area contributed by atoms with Crippen LogP contribution in [-0.4, -0.2) is 73.2 Å². The maximum atomic E-state index is 12.3. The quantitative estimate of drug-likeness (QED) is 0.766. The lowest BCUT2D eigenvalue weighted by molar-refractivity contribution is -0.192. The molecule has 2 amide bonds. The number of rotatable bonds is 3. The summed E-state index contributed by atoms with van der Waals surface area (Å²) in [6.45, 7) is 5.23.